The average Bonchev–Trinajstić information content (AvgIpc) is 2.80. The van der Waals surface area contributed by atoms with Gasteiger partial charge in [-0.3, -0.25) is 0 Å². The Bertz CT molecular complexity index is 910. The van der Waals surface area contributed by atoms with E-state index >= 15 is 0 Å². The molecule has 1 fully saturated rings. The molecule has 0 aliphatic heterocycles. The summed E-state index contributed by atoms with van der Waals surface area (Å²) in [5.41, 5.74) is 10.6. The van der Waals surface area contributed by atoms with E-state index in [1.54, 1.807) is 11.1 Å². The normalized spacial score (nSPS) is 25.6. The van der Waals surface area contributed by atoms with Crippen molar-refractivity contribution in [1.82, 2.24) is 0 Å². The number of aryl methyl sites for hydroxylation is 1. The van der Waals surface area contributed by atoms with E-state index in [9.17, 15) is 9.59 Å². The number of nitrogens with zero attached hydrogens (tertiary/aromatic N) is 1. The number of aliphatic carboxylic acids is 2. The summed E-state index contributed by atoms with van der Waals surface area (Å²) >= 11 is 0. The van der Waals surface area contributed by atoms with Crippen LogP contribution in [0.2, 0.25) is 0 Å². The maximum Gasteiger partial charge on any atom is 0.328 e. The van der Waals surface area contributed by atoms with Gasteiger partial charge in [0.25, 0.3) is 0 Å². The van der Waals surface area contributed by atoms with Crippen molar-refractivity contribution >= 4 is 18.2 Å². The lowest BCUT2D eigenvalue weighted by atomic mass is 9.50. The maximum absolute atomic E-state index is 9.55. The summed E-state index contributed by atoms with van der Waals surface area (Å²) in [4.78, 5) is 24.6. The Balaban J connectivity index is 0.000000466. The summed E-state index contributed by atoms with van der Waals surface area (Å²) in [6.45, 7) is 10.9. The molecule has 0 amide bonds. The van der Waals surface area contributed by atoms with Crippen molar-refractivity contribution in [3.05, 3.63) is 47.0 Å². The lowest BCUT2D eigenvalue weighted by Crippen LogP contribution is -2.49. The number of carboxylic acids is 2. The minimum absolute atomic E-state index is 0.120. The second kappa shape index (κ2) is 12.9. The fourth-order valence-electron chi connectivity index (χ4n) is 5.74. The zero-order chi connectivity index (χ0) is 26.1. The third-order valence-electron chi connectivity index (χ3n) is 7.57. The van der Waals surface area contributed by atoms with Crippen molar-refractivity contribution < 1.29 is 24.6 Å². The minimum atomic E-state index is -1.26. The van der Waals surface area contributed by atoms with Gasteiger partial charge in [0.05, 0.1) is 0 Å². The molecule has 3 rings (SSSR count). The van der Waals surface area contributed by atoms with Gasteiger partial charge in [-0.1, -0.05) is 57.5 Å². The molecular formula is C28H42N2O5. The van der Waals surface area contributed by atoms with Crippen molar-refractivity contribution in [3.63, 3.8) is 0 Å². The number of carbonyl (C=O) groups is 2. The summed E-state index contributed by atoms with van der Waals surface area (Å²) in [7, 11) is 0. The first-order valence-corrected chi connectivity index (χ1v) is 12.7. The summed E-state index contributed by atoms with van der Waals surface area (Å²) in [6, 6.07) is 7.27. The van der Waals surface area contributed by atoms with Gasteiger partial charge in [0.15, 0.2) is 0 Å². The predicted molar refractivity (Wildman–Crippen MR) is 139 cm³/mol. The number of benzene rings is 1. The highest BCUT2D eigenvalue weighted by molar-refractivity contribution is 5.89. The highest BCUT2D eigenvalue weighted by Crippen LogP contribution is 2.56. The third-order valence-corrected chi connectivity index (χ3v) is 7.57. The van der Waals surface area contributed by atoms with Gasteiger partial charge in [-0.25, -0.2) is 9.59 Å². The van der Waals surface area contributed by atoms with Crippen LogP contribution in [0.3, 0.4) is 0 Å². The van der Waals surface area contributed by atoms with E-state index in [4.69, 9.17) is 20.8 Å². The molecular weight excluding hydrogens is 444 g/mol. The van der Waals surface area contributed by atoms with E-state index in [1.807, 2.05) is 0 Å². The Morgan fingerprint density at radius 3 is 2.46 bits per heavy atom. The molecule has 2 aliphatic carbocycles. The quantitative estimate of drug-likeness (QED) is 0.189. The van der Waals surface area contributed by atoms with Gasteiger partial charge in [-0.05, 0) is 79.0 Å². The summed E-state index contributed by atoms with van der Waals surface area (Å²) in [6.07, 6.45) is 11.4. The molecule has 2 aliphatic rings. The van der Waals surface area contributed by atoms with Crippen molar-refractivity contribution in [1.29, 1.82) is 0 Å². The van der Waals surface area contributed by atoms with Crippen molar-refractivity contribution in [2.45, 2.75) is 84.0 Å². The van der Waals surface area contributed by atoms with Gasteiger partial charge in [-0.15, -0.1) is 0 Å². The second-order valence-corrected chi connectivity index (χ2v) is 10.5. The highest BCUT2D eigenvalue weighted by Gasteiger charge is 2.51. The average molecular weight is 487 g/mol. The van der Waals surface area contributed by atoms with Crippen LogP contribution in [-0.2, 0) is 26.3 Å². The Hall–Kier alpha value is -2.67. The number of oxime groups is 1. The van der Waals surface area contributed by atoms with E-state index < -0.39 is 11.9 Å². The van der Waals surface area contributed by atoms with Crippen LogP contribution in [0.5, 0.6) is 0 Å². The van der Waals surface area contributed by atoms with Gasteiger partial charge >= 0.3 is 11.9 Å². The van der Waals surface area contributed by atoms with E-state index in [-0.39, 0.29) is 10.8 Å². The lowest BCUT2D eigenvalue weighted by Gasteiger charge is -2.54. The number of nitrogens with two attached hydrogens (primary N) is 1. The van der Waals surface area contributed by atoms with Gasteiger partial charge < -0.3 is 20.8 Å². The van der Waals surface area contributed by atoms with Crippen LogP contribution in [0.25, 0.3) is 0 Å². The van der Waals surface area contributed by atoms with E-state index in [2.05, 4.69) is 57.3 Å². The monoisotopic (exact) mass is 486 g/mol. The molecule has 35 heavy (non-hydrogen) atoms. The van der Waals surface area contributed by atoms with Crippen molar-refractivity contribution in [2.75, 3.05) is 13.2 Å². The zero-order valence-electron chi connectivity index (χ0n) is 21.6. The first kappa shape index (κ1) is 28.6. The Morgan fingerprint density at radius 2 is 1.86 bits per heavy atom. The molecule has 0 bridgehead atoms. The van der Waals surface area contributed by atoms with Crippen molar-refractivity contribution in [3.8, 4) is 0 Å². The molecule has 0 aromatic heterocycles. The molecule has 0 radical (unpaired) electrons. The molecule has 3 atom stereocenters. The number of unbranched alkanes of at least 4 members (excludes halogenated alkanes) is 1. The van der Waals surface area contributed by atoms with Crippen LogP contribution < -0.4 is 5.73 Å². The standard InChI is InChI=1S/C24H38N2O.C4H4O4/c1-18(2)19-8-10-21-20(16-19)9-11-22-23(3,12-7-13-24(21,22)4)17-26-27-15-6-5-14-25;5-3(6)1-2-4(7)8/h8,10,16-18,22H,5-7,9,11-15,25H2,1-4H3;1-2H,(H,5,6)(H,7,8)/b;2-1+/t22?,23-,24-;/m1./s1. The predicted octanol–water partition coefficient (Wildman–Crippen LogP) is 5.27. The van der Waals surface area contributed by atoms with E-state index in [0.717, 1.165) is 19.4 Å². The van der Waals surface area contributed by atoms with Crippen LogP contribution in [0.1, 0.15) is 88.8 Å². The summed E-state index contributed by atoms with van der Waals surface area (Å²) in [5, 5.41) is 20.0. The maximum atomic E-state index is 9.55. The highest BCUT2D eigenvalue weighted by atomic mass is 16.6. The number of fused-ring (bicyclic) bond motifs is 3. The van der Waals surface area contributed by atoms with Crippen LogP contribution >= 0.6 is 0 Å². The van der Waals surface area contributed by atoms with Gasteiger partial charge in [0.2, 0.25) is 0 Å². The van der Waals surface area contributed by atoms with E-state index in [1.165, 1.54) is 37.7 Å². The second-order valence-electron chi connectivity index (χ2n) is 10.5. The molecule has 4 N–H and O–H groups in total. The SMILES string of the molecule is CC(C)c1ccc2c(c1)CCC1[C@@](C)(C=NOCCCCN)CCC[C@]21C.O=C(O)/C=C/C(=O)O. The van der Waals surface area contributed by atoms with Crippen LogP contribution in [0.4, 0.5) is 0 Å². The summed E-state index contributed by atoms with van der Waals surface area (Å²) < 4.78 is 0. The lowest BCUT2D eigenvalue weighted by molar-refractivity contribution is -0.134. The summed E-state index contributed by atoms with van der Waals surface area (Å²) in [5.74, 6) is -1.28. The number of hydrogen-bond acceptors (Lipinski definition) is 5. The van der Waals surface area contributed by atoms with Gasteiger partial charge in [-0.2, -0.15) is 0 Å². The molecule has 1 saturated carbocycles. The largest absolute Gasteiger partial charge is 0.478 e. The molecule has 7 heteroatoms. The molecule has 7 nitrogen and oxygen atoms in total. The fourth-order valence-corrected chi connectivity index (χ4v) is 5.74. The molecule has 0 heterocycles. The Labute approximate surface area is 209 Å². The molecule has 1 aromatic rings. The third kappa shape index (κ3) is 7.66. The molecule has 0 saturated heterocycles. The molecule has 0 spiro atoms. The van der Waals surface area contributed by atoms with Crippen LogP contribution in [0, 0.1) is 11.3 Å². The Kier molecular flexibility index (Phi) is 10.5. The Morgan fingerprint density at radius 1 is 1.17 bits per heavy atom. The van der Waals surface area contributed by atoms with E-state index in [0.29, 0.717) is 30.6 Å². The topological polar surface area (TPSA) is 122 Å². The first-order chi connectivity index (χ1) is 16.5. The smallest absolute Gasteiger partial charge is 0.328 e. The van der Waals surface area contributed by atoms with Gasteiger partial charge in [0.1, 0.15) is 6.61 Å². The number of carboxylic acid groups (broad SMARTS) is 2. The first-order valence-electron chi connectivity index (χ1n) is 12.7. The molecule has 1 unspecified atom stereocenters. The molecule has 1 aromatic carbocycles. The minimum Gasteiger partial charge on any atom is -0.478 e. The van der Waals surface area contributed by atoms with Crippen LogP contribution in [0.15, 0.2) is 35.5 Å². The van der Waals surface area contributed by atoms with Gasteiger partial charge in [0, 0.05) is 23.8 Å². The fraction of sp³-hybridized carbons (Fsp3) is 0.607. The number of hydrogen-bond donors (Lipinski definition) is 3. The zero-order valence-corrected chi connectivity index (χ0v) is 21.6. The molecule has 194 valence electrons. The van der Waals surface area contributed by atoms with Crippen molar-refractivity contribution in [2.24, 2.45) is 22.2 Å². The van der Waals surface area contributed by atoms with Crippen LogP contribution in [-0.4, -0.2) is 41.5 Å². The number of rotatable bonds is 9.